The summed E-state index contributed by atoms with van der Waals surface area (Å²) in [4.78, 5) is 11.8. The SMILES string of the molecule is C[C@@H](N(C)S(=O)(=O)c1cc(C(=O)Nc2ccc(F)c(Cl)c2F)n(C)c1)C(F)(F)F. The molecule has 2 aromatic rings. The number of aromatic nitrogens is 1. The van der Waals surface area contributed by atoms with E-state index in [0.29, 0.717) is 6.92 Å². The zero-order valence-electron chi connectivity index (χ0n) is 15.2. The Bertz CT molecular complexity index is 1050. The quantitative estimate of drug-likeness (QED) is 0.546. The Labute approximate surface area is 167 Å². The molecule has 1 N–H and O–H groups in total. The predicted octanol–water partition coefficient (Wildman–Crippen LogP) is 3.78. The van der Waals surface area contributed by atoms with Gasteiger partial charge in [0.15, 0.2) is 5.82 Å². The van der Waals surface area contributed by atoms with Gasteiger partial charge in [0.25, 0.3) is 5.91 Å². The van der Waals surface area contributed by atoms with Gasteiger partial charge in [0.1, 0.15) is 27.5 Å². The van der Waals surface area contributed by atoms with Gasteiger partial charge in [-0.15, -0.1) is 0 Å². The van der Waals surface area contributed by atoms with Crippen LogP contribution in [-0.4, -0.2) is 42.5 Å². The number of anilines is 1. The highest BCUT2D eigenvalue weighted by Gasteiger charge is 2.43. The van der Waals surface area contributed by atoms with Crippen LogP contribution in [0.1, 0.15) is 17.4 Å². The molecule has 0 bridgehead atoms. The molecule has 29 heavy (non-hydrogen) atoms. The summed E-state index contributed by atoms with van der Waals surface area (Å²) in [6.07, 6.45) is -3.85. The second-order valence-electron chi connectivity index (χ2n) is 6.09. The van der Waals surface area contributed by atoms with Crippen molar-refractivity contribution in [2.75, 3.05) is 12.4 Å². The van der Waals surface area contributed by atoms with Gasteiger partial charge in [-0.1, -0.05) is 11.6 Å². The first-order chi connectivity index (χ1) is 13.2. The second kappa shape index (κ2) is 7.92. The van der Waals surface area contributed by atoms with Crippen LogP contribution < -0.4 is 5.32 Å². The topological polar surface area (TPSA) is 71.4 Å². The second-order valence-corrected chi connectivity index (χ2v) is 8.46. The van der Waals surface area contributed by atoms with E-state index in [2.05, 4.69) is 5.32 Å². The van der Waals surface area contributed by atoms with Crippen LogP contribution in [0.3, 0.4) is 0 Å². The van der Waals surface area contributed by atoms with Gasteiger partial charge < -0.3 is 9.88 Å². The third kappa shape index (κ3) is 4.54. The van der Waals surface area contributed by atoms with Crippen molar-refractivity contribution in [3.05, 3.63) is 46.7 Å². The molecule has 0 unspecified atom stereocenters. The van der Waals surface area contributed by atoms with Gasteiger partial charge in [-0.25, -0.2) is 17.2 Å². The molecule has 13 heteroatoms. The van der Waals surface area contributed by atoms with Crippen LogP contribution in [0.25, 0.3) is 0 Å². The standard InChI is InChI=1S/C16H15ClF5N3O3S/c1-8(16(20,21)22)25(3)29(27,28)9-6-12(24(2)7-9)15(26)23-11-5-4-10(18)13(17)14(11)19/h4-8H,1-3H3,(H,23,26)/t8-/m1/s1. The lowest BCUT2D eigenvalue weighted by atomic mass is 10.2. The third-order valence-corrected chi connectivity index (χ3v) is 6.43. The normalized spacial score (nSPS) is 13.6. The molecule has 1 aromatic carbocycles. The Hall–Kier alpha value is -2.18. The van der Waals surface area contributed by atoms with E-state index in [1.165, 1.54) is 7.05 Å². The molecule has 1 atom stereocenters. The number of amides is 1. The zero-order valence-corrected chi connectivity index (χ0v) is 16.8. The van der Waals surface area contributed by atoms with Gasteiger partial charge in [-0.2, -0.15) is 17.5 Å². The van der Waals surface area contributed by atoms with E-state index in [4.69, 9.17) is 11.6 Å². The monoisotopic (exact) mass is 459 g/mol. The third-order valence-electron chi connectivity index (χ3n) is 4.19. The van der Waals surface area contributed by atoms with Crippen molar-refractivity contribution in [2.45, 2.75) is 24.0 Å². The molecular formula is C16H15ClF5N3O3S. The lowest BCUT2D eigenvalue weighted by Gasteiger charge is -2.25. The summed E-state index contributed by atoms with van der Waals surface area (Å²) in [6, 6.07) is 0.261. The van der Waals surface area contributed by atoms with Gasteiger partial charge in [0, 0.05) is 20.3 Å². The number of nitrogens with one attached hydrogen (secondary N) is 1. The van der Waals surface area contributed by atoms with Crippen LogP contribution in [0, 0.1) is 11.6 Å². The summed E-state index contributed by atoms with van der Waals surface area (Å²) >= 11 is 5.43. The van der Waals surface area contributed by atoms with Crippen molar-refractivity contribution in [3.8, 4) is 0 Å². The average molecular weight is 460 g/mol. The minimum absolute atomic E-state index is 0.128. The highest BCUT2D eigenvalue weighted by Crippen LogP contribution is 2.29. The number of alkyl halides is 3. The average Bonchev–Trinajstić information content (AvgIpc) is 3.02. The van der Waals surface area contributed by atoms with E-state index < -0.39 is 55.4 Å². The van der Waals surface area contributed by atoms with E-state index >= 15 is 0 Å². The number of halogens is 6. The number of carbonyl (C=O) groups excluding carboxylic acids is 1. The van der Waals surface area contributed by atoms with E-state index in [-0.39, 0.29) is 10.00 Å². The number of sulfonamides is 1. The number of benzene rings is 1. The van der Waals surface area contributed by atoms with Crippen LogP contribution >= 0.6 is 11.6 Å². The zero-order chi connectivity index (χ0) is 22.3. The van der Waals surface area contributed by atoms with Crippen LogP contribution in [0.4, 0.5) is 27.6 Å². The smallest absolute Gasteiger partial charge is 0.345 e. The van der Waals surface area contributed by atoms with Crippen molar-refractivity contribution in [1.29, 1.82) is 0 Å². The summed E-state index contributed by atoms with van der Waals surface area (Å²) in [5, 5.41) is 1.26. The van der Waals surface area contributed by atoms with Crippen LogP contribution in [-0.2, 0) is 17.1 Å². The molecule has 2 rings (SSSR count). The first-order valence-corrected chi connectivity index (χ1v) is 9.65. The van der Waals surface area contributed by atoms with Crippen LogP contribution in [0.5, 0.6) is 0 Å². The van der Waals surface area contributed by atoms with Gasteiger partial charge >= 0.3 is 6.18 Å². The lowest BCUT2D eigenvalue weighted by molar-refractivity contribution is -0.164. The first kappa shape index (κ1) is 23.1. The minimum atomic E-state index is -4.80. The summed E-state index contributed by atoms with van der Waals surface area (Å²) in [5.41, 5.74) is -0.758. The molecule has 0 radical (unpaired) electrons. The molecule has 0 spiro atoms. The fourth-order valence-corrected chi connectivity index (χ4v) is 3.88. The van der Waals surface area contributed by atoms with Crippen molar-refractivity contribution >= 4 is 33.2 Å². The Morgan fingerprint density at radius 1 is 1.28 bits per heavy atom. The molecule has 0 aliphatic heterocycles. The molecule has 1 heterocycles. The summed E-state index contributed by atoms with van der Waals surface area (Å²) in [7, 11) is -2.55. The molecule has 0 aliphatic carbocycles. The fourth-order valence-electron chi connectivity index (χ4n) is 2.29. The summed E-state index contributed by atoms with van der Waals surface area (Å²) in [6.45, 7) is 0.676. The Morgan fingerprint density at radius 3 is 2.41 bits per heavy atom. The van der Waals surface area contributed by atoms with Crippen LogP contribution in [0.2, 0.25) is 5.02 Å². The molecule has 6 nitrogen and oxygen atoms in total. The van der Waals surface area contributed by atoms with E-state index in [1.54, 1.807) is 0 Å². The number of nitrogens with zero attached hydrogens (tertiary/aromatic N) is 2. The highest BCUT2D eigenvalue weighted by atomic mass is 35.5. The molecule has 1 aromatic heterocycles. The molecule has 0 saturated carbocycles. The van der Waals surface area contributed by atoms with Gasteiger partial charge in [-0.3, -0.25) is 4.79 Å². The Kier molecular flexibility index (Phi) is 6.31. The largest absolute Gasteiger partial charge is 0.404 e. The molecular weight excluding hydrogens is 445 g/mol. The highest BCUT2D eigenvalue weighted by molar-refractivity contribution is 7.89. The van der Waals surface area contributed by atoms with Gasteiger partial charge in [0.05, 0.1) is 5.69 Å². The fraction of sp³-hybridized carbons (Fsp3) is 0.312. The Morgan fingerprint density at radius 2 is 1.86 bits per heavy atom. The lowest BCUT2D eigenvalue weighted by Crippen LogP contribution is -2.44. The number of rotatable bonds is 5. The molecule has 0 aliphatic rings. The van der Waals surface area contributed by atoms with Gasteiger partial charge in [-0.05, 0) is 25.1 Å². The first-order valence-electron chi connectivity index (χ1n) is 7.84. The van der Waals surface area contributed by atoms with Crippen molar-refractivity contribution in [3.63, 3.8) is 0 Å². The number of carbonyl (C=O) groups is 1. The molecule has 0 fully saturated rings. The van der Waals surface area contributed by atoms with E-state index in [9.17, 15) is 35.2 Å². The number of hydrogen-bond donors (Lipinski definition) is 1. The van der Waals surface area contributed by atoms with Crippen LogP contribution in [0.15, 0.2) is 29.3 Å². The predicted molar refractivity (Wildman–Crippen MR) is 95.2 cm³/mol. The Balaban J connectivity index is 2.35. The van der Waals surface area contributed by atoms with E-state index in [0.717, 1.165) is 36.0 Å². The number of aryl methyl sites for hydroxylation is 1. The van der Waals surface area contributed by atoms with E-state index in [1.807, 2.05) is 0 Å². The summed E-state index contributed by atoms with van der Waals surface area (Å²) < 4.78 is 91.8. The summed E-state index contributed by atoms with van der Waals surface area (Å²) in [5.74, 6) is -3.26. The van der Waals surface area contributed by atoms with Crippen molar-refractivity contribution in [1.82, 2.24) is 8.87 Å². The molecule has 0 saturated heterocycles. The molecule has 160 valence electrons. The molecule has 1 amide bonds. The maximum absolute atomic E-state index is 13.9. The maximum Gasteiger partial charge on any atom is 0.404 e. The minimum Gasteiger partial charge on any atom is -0.345 e. The van der Waals surface area contributed by atoms with Gasteiger partial charge in [0.2, 0.25) is 10.0 Å². The maximum atomic E-state index is 13.9. The van der Waals surface area contributed by atoms with Crippen molar-refractivity contribution < 1.29 is 35.2 Å². The number of hydrogen-bond acceptors (Lipinski definition) is 3. The van der Waals surface area contributed by atoms with Crippen molar-refractivity contribution in [2.24, 2.45) is 7.05 Å².